The van der Waals surface area contributed by atoms with E-state index in [-0.39, 0.29) is 6.42 Å². The van der Waals surface area contributed by atoms with Crippen molar-refractivity contribution in [2.24, 2.45) is 0 Å². The molecule has 18 heavy (non-hydrogen) atoms. The molecule has 1 aromatic rings. The van der Waals surface area contributed by atoms with Gasteiger partial charge in [0.2, 0.25) is 5.91 Å². The smallest absolute Gasteiger partial charge is 0.382 e. The third-order valence-electron chi connectivity index (χ3n) is 2.32. The Morgan fingerprint density at radius 1 is 1.56 bits per heavy atom. The van der Waals surface area contributed by atoms with E-state index in [2.05, 4.69) is 4.98 Å². The Kier molecular flexibility index (Phi) is 4.66. The van der Waals surface area contributed by atoms with Gasteiger partial charge in [0.05, 0.1) is 18.7 Å². The fraction of sp³-hybridized carbons (Fsp3) is 0.455. The Labute approximate surface area is 102 Å². The average molecular weight is 262 g/mol. The Bertz CT molecular complexity index is 421. The Balaban J connectivity index is 2.46. The second-order valence-corrected chi connectivity index (χ2v) is 3.81. The second kappa shape index (κ2) is 5.81. The number of aryl methyl sites for hydroxylation is 1. The first-order chi connectivity index (χ1) is 8.30. The highest BCUT2D eigenvalue weighted by atomic mass is 19.4. The number of nitrogens with zero attached hydrogens (tertiary/aromatic N) is 1. The van der Waals surface area contributed by atoms with Crippen molar-refractivity contribution >= 4 is 5.91 Å². The Hall–Kier alpha value is -1.63. The number of alkyl halides is 3. The number of pyridine rings is 1. The van der Waals surface area contributed by atoms with Crippen molar-refractivity contribution in [3.8, 4) is 0 Å². The van der Waals surface area contributed by atoms with Crippen LogP contribution in [0.1, 0.15) is 11.3 Å². The van der Waals surface area contributed by atoms with Gasteiger partial charge in [-0.3, -0.25) is 9.78 Å². The van der Waals surface area contributed by atoms with Crippen LogP contribution in [0, 0.1) is 6.92 Å². The molecule has 0 saturated heterocycles. The zero-order chi connectivity index (χ0) is 13.8. The number of carbonyl (C=O) groups excluding carboxylic acids is 1. The highest BCUT2D eigenvalue weighted by Crippen LogP contribution is 2.19. The quantitative estimate of drug-likeness (QED) is 0.850. The van der Waals surface area contributed by atoms with Gasteiger partial charge in [0, 0.05) is 6.20 Å². The van der Waals surface area contributed by atoms with Crippen molar-refractivity contribution in [1.29, 1.82) is 0 Å². The summed E-state index contributed by atoms with van der Waals surface area (Å²) in [6, 6.07) is 3.45. The maximum Gasteiger partial charge on any atom is 0.416 e. The first-order valence-corrected chi connectivity index (χ1v) is 5.22. The van der Waals surface area contributed by atoms with Crippen LogP contribution in [0.25, 0.3) is 0 Å². The summed E-state index contributed by atoms with van der Waals surface area (Å²) in [6.07, 6.45) is -5.89. The number of hydrogen-bond donors (Lipinski definition) is 2. The molecule has 0 bridgehead atoms. The molecule has 1 unspecified atom stereocenters. The Morgan fingerprint density at radius 2 is 2.22 bits per heavy atom. The van der Waals surface area contributed by atoms with Crippen molar-refractivity contribution in [3.63, 3.8) is 0 Å². The lowest BCUT2D eigenvalue weighted by atomic mass is 10.1. The number of carbonyl (C=O) groups is 1. The van der Waals surface area contributed by atoms with Crippen LogP contribution in [0.2, 0.25) is 0 Å². The normalized spacial score (nSPS) is 13.2. The number of rotatable bonds is 4. The molecule has 0 aliphatic carbocycles. The SMILES string of the molecule is Cc1cccnc1CC(=O)NCC(O)C(F)(F)F. The lowest BCUT2D eigenvalue weighted by Gasteiger charge is -2.15. The van der Waals surface area contributed by atoms with Crippen LogP contribution in [-0.4, -0.2) is 34.8 Å². The highest BCUT2D eigenvalue weighted by molar-refractivity contribution is 5.78. The van der Waals surface area contributed by atoms with Crippen molar-refractivity contribution in [2.75, 3.05) is 6.54 Å². The van der Waals surface area contributed by atoms with Gasteiger partial charge in [-0.05, 0) is 18.6 Å². The molecule has 4 nitrogen and oxygen atoms in total. The number of amides is 1. The lowest BCUT2D eigenvalue weighted by Crippen LogP contribution is -2.41. The maximum atomic E-state index is 12.0. The van der Waals surface area contributed by atoms with Crippen LogP contribution in [0.15, 0.2) is 18.3 Å². The fourth-order valence-corrected chi connectivity index (χ4v) is 1.24. The van der Waals surface area contributed by atoms with Crippen LogP contribution in [0.5, 0.6) is 0 Å². The number of nitrogens with one attached hydrogen (secondary N) is 1. The monoisotopic (exact) mass is 262 g/mol. The molecule has 2 N–H and O–H groups in total. The molecule has 0 fully saturated rings. The third-order valence-corrected chi connectivity index (χ3v) is 2.32. The molecule has 0 aromatic carbocycles. The van der Waals surface area contributed by atoms with Crippen molar-refractivity contribution in [1.82, 2.24) is 10.3 Å². The van der Waals surface area contributed by atoms with Gasteiger partial charge in [-0.2, -0.15) is 13.2 Å². The zero-order valence-corrected chi connectivity index (χ0v) is 9.66. The first kappa shape index (κ1) is 14.4. The van der Waals surface area contributed by atoms with Crippen LogP contribution in [-0.2, 0) is 11.2 Å². The minimum absolute atomic E-state index is 0.114. The topological polar surface area (TPSA) is 62.2 Å². The van der Waals surface area contributed by atoms with Crippen LogP contribution in [0.4, 0.5) is 13.2 Å². The molecule has 0 saturated carbocycles. The van der Waals surface area contributed by atoms with Gasteiger partial charge in [0.1, 0.15) is 0 Å². The van der Waals surface area contributed by atoms with E-state index in [0.29, 0.717) is 5.69 Å². The lowest BCUT2D eigenvalue weighted by molar-refractivity contribution is -0.201. The molecule has 0 aliphatic rings. The predicted octanol–water partition coefficient (Wildman–Crippen LogP) is 0.972. The van der Waals surface area contributed by atoms with Crippen LogP contribution < -0.4 is 5.32 Å². The molecule has 1 rings (SSSR count). The van der Waals surface area contributed by atoms with E-state index in [9.17, 15) is 18.0 Å². The molecule has 100 valence electrons. The molecule has 1 heterocycles. The summed E-state index contributed by atoms with van der Waals surface area (Å²) in [5, 5.41) is 10.7. The number of aromatic nitrogens is 1. The van der Waals surface area contributed by atoms with E-state index in [1.807, 2.05) is 5.32 Å². The molecule has 0 radical (unpaired) electrons. The van der Waals surface area contributed by atoms with E-state index in [1.165, 1.54) is 6.20 Å². The average Bonchev–Trinajstić information content (AvgIpc) is 2.27. The number of aliphatic hydroxyl groups excluding tert-OH is 1. The van der Waals surface area contributed by atoms with Gasteiger partial charge >= 0.3 is 6.18 Å². The van der Waals surface area contributed by atoms with E-state index < -0.39 is 24.7 Å². The highest BCUT2D eigenvalue weighted by Gasteiger charge is 2.38. The van der Waals surface area contributed by atoms with Gasteiger partial charge in [-0.15, -0.1) is 0 Å². The summed E-state index contributed by atoms with van der Waals surface area (Å²) in [5.74, 6) is -0.611. The van der Waals surface area contributed by atoms with Gasteiger partial charge in [-0.25, -0.2) is 0 Å². The summed E-state index contributed by atoms with van der Waals surface area (Å²) in [6.45, 7) is 0.897. The number of aliphatic hydroxyl groups is 1. The molecule has 0 spiro atoms. The molecular formula is C11H13F3N2O2. The Morgan fingerprint density at radius 3 is 2.78 bits per heavy atom. The third kappa shape index (κ3) is 4.33. The fourth-order valence-electron chi connectivity index (χ4n) is 1.24. The standard InChI is InChI=1S/C11H13F3N2O2/c1-7-3-2-4-15-8(7)5-10(18)16-6-9(17)11(12,13)14/h2-4,9,17H,5-6H2,1H3,(H,16,18). The van der Waals surface area contributed by atoms with Crippen molar-refractivity contribution < 1.29 is 23.1 Å². The molecule has 1 atom stereocenters. The molecule has 0 aliphatic heterocycles. The maximum absolute atomic E-state index is 12.0. The predicted molar refractivity (Wildman–Crippen MR) is 57.7 cm³/mol. The van der Waals surface area contributed by atoms with Gasteiger partial charge in [0.15, 0.2) is 6.10 Å². The summed E-state index contributed by atoms with van der Waals surface area (Å²) in [5.41, 5.74) is 1.28. The van der Waals surface area contributed by atoms with E-state index >= 15 is 0 Å². The molecule has 1 aromatic heterocycles. The molecule has 1 amide bonds. The summed E-state index contributed by atoms with van der Waals surface area (Å²) < 4.78 is 35.9. The summed E-state index contributed by atoms with van der Waals surface area (Å²) in [4.78, 5) is 15.3. The van der Waals surface area contributed by atoms with E-state index in [4.69, 9.17) is 5.11 Å². The van der Waals surface area contributed by atoms with Crippen molar-refractivity contribution in [3.05, 3.63) is 29.6 Å². The molecular weight excluding hydrogens is 249 g/mol. The van der Waals surface area contributed by atoms with Gasteiger partial charge in [0.25, 0.3) is 0 Å². The van der Waals surface area contributed by atoms with Gasteiger partial charge < -0.3 is 10.4 Å². The molecule has 7 heteroatoms. The van der Waals surface area contributed by atoms with E-state index in [1.54, 1.807) is 19.1 Å². The second-order valence-electron chi connectivity index (χ2n) is 3.81. The van der Waals surface area contributed by atoms with E-state index in [0.717, 1.165) is 5.56 Å². The number of halogens is 3. The first-order valence-electron chi connectivity index (χ1n) is 5.22. The summed E-state index contributed by atoms with van der Waals surface area (Å²) >= 11 is 0. The minimum atomic E-state index is -4.73. The van der Waals surface area contributed by atoms with Crippen LogP contribution in [0.3, 0.4) is 0 Å². The largest absolute Gasteiger partial charge is 0.416 e. The minimum Gasteiger partial charge on any atom is -0.382 e. The van der Waals surface area contributed by atoms with Gasteiger partial charge in [-0.1, -0.05) is 6.07 Å². The number of hydrogen-bond acceptors (Lipinski definition) is 3. The van der Waals surface area contributed by atoms with Crippen LogP contribution >= 0.6 is 0 Å². The van der Waals surface area contributed by atoms with Crippen molar-refractivity contribution in [2.45, 2.75) is 25.6 Å². The summed E-state index contributed by atoms with van der Waals surface area (Å²) in [7, 11) is 0. The zero-order valence-electron chi connectivity index (χ0n) is 9.66.